The van der Waals surface area contributed by atoms with Gasteiger partial charge in [-0.1, -0.05) is 25.1 Å². The molecule has 0 radical (unpaired) electrons. The van der Waals surface area contributed by atoms with E-state index in [9.17, 15) is 15.0 Å². The van der Waals surface area contributed by atoms with Crippen LogP contribution < -0.4 is 5.32 Å². The van der Waals surface area contributed by atoms with E-state index in [1.54, 1.807) is 11.8 Å². The molecule has 2 heterocycles. The highest BCUT2D eigenvalue weighted by Crippen LogP contribution is 2.39. The Bertz CT molecular complexity index is 666. The van der Waals surface area contributed by atoms with Crippen molar-refractivity contribution in [1.29, 1.82) is 0 Å². The number of carbonyl (C=O) groups excluding carboxylic acids is 1. The molecule has 6 nitrogen and oxygen atoms in total. The van der Waals surface area contributed by atoms with Gasteiger partial charge in [0.25, 0.3) is 0 Å². The lowest BCUT2D eigenvalue weighted by Crippen LogP contribution is -2.64. The summed E-state index contributed by atoms with van der Waals surface area (Å²) >= 11 is 0. The van der Waals surface area contributed by atoms with Crippen molar-refractivity contribution in [1.82, 2.24) is 4.90 Å². The van der Waals surface area contributed by atoms with Crippen LogP contribution >= 0.6 is 0 Å². The van der Waals surface area contributed by atoms with Gasteiger partial charge in [0, 0.05) is 25.2 Å². The summed E-state index contributed by atoms with van der Waals surface area (Å²) in [7, 11) is 0. The van der Waals surface area contributed by atoms with Crippen molar-refractivity contribution in [2.75, 3.05) is 25.0 Å². The lowest BCUT2D eigenvalue weighted by molar-refractivity contribution is -0.244. The molecule has 3 rings (SSSR count). The SMILES string of the molecule is CCc1cccc(C)c1NC(=O)N1CCC2(CC1)OCC[C@@](C)(O)[C@@H]2O. The molecule has 2 fully saturated rings. The number of hydrogen-bond donors (Lipinski definition) is 3. The summed E-state index contributed by atoms with van der Waals surface area (Å²) in [5, 5.41) is 24.0. The van der Waals surface area contributed by atoms with Crippen molar-refractivity contribution in [3.05, 3.63) is 29.3 Å². The second-order valence-electron chi connectivity index (χ2n) is 7.80. The third-order valence-electron chi connectivity index (χ3n) is 5.95. The van der Waals surface area contributed by atoms with Gasteiger partial charge in [-0.15, -0.1) is 0 Å². The maximum absolute atomic E-state index is 12.7. The van der Waals surface area contributed by atoms with E-state index in [4.69, 9.17) is 4.74 Å². The molecule has 1 aromatic carbocycles. The Balaban J connectivity index is 1.66. The maximum Gasteiger partial charge on any atom is 0.321 e. The molecule has 2 aliphatic heterocycles. The normalized spacial score (nSPS) is 28.2. The summed E-state index contributed by atoms with van der Waals surface area (Å²) < 4.78 is 5.89. The van der Waals surface area contributed by atoms with E-state index in [-0.39, 0.29) is 6.03 Å². The van der Waals surface area contributed by atoms with E-state index >= 15 is 0 Å². The summed E-state index contributed by atoms with van der Waals surface area (Å²) in [6.45, 7) is 7.14. The third-order valence-corrected chi connectivity index (χ3v) is 5.95. The predicted molar refractivity (Wildman–Crippen MR) is 100 cm³/mol. The molecule has 1 spiro atoms. The number of aryl methyl sites for hydroxylation is 2. The Labute approximate surface area is 155 Å². The number of hydrogen-bond acceptors (Lipinski definition) is 4. The third kappa shape index (κ3) is 3.46. The number of aliphatic hydroxyl groups is 2. The van der Waals surface area contributed by atoms with Crippen LogP contribution in [-0.2, 0) is 11.2 Å². The molecule has 0 saturated carbocycles. The average molecular weight is 362 g/mol. The Morgan fingerprint density at radius 2 is 2.04 bits per heavy atom. The number of ether oxygens (including phenoxy) is 1. The summed E-state index contributed by atoms with van der Waals surface area (Å²) in [5.41, 5.74) is 1.16. The number of nitrogens with one attached hydrogen (secondary N) is 1. The van der Waals surface area contributed by atoms with Crippen LogP contribution in [0.15, 0.2) is 18.2 Å². The predicted octanol–water partition coefficient (Wildman–Crippen LogP) is 2.46. The smallest absolute Gasteiger partial charge is 0.321 e. The molecule has 2 atom stereocenters. The molecule has 6 heteroatoms. The first kappa shape index (κ1) is 19.1. The molecule has 0 aromatic heterocycles. The minimum atomic E-state index is -1.14. The number of likely N-dealkylation sites (tertiary alicyclic amines) is 1. The van der Waals surface area contributed by atoms with Gasteiger partial charge in [-0.25, -0.2) is 4.79 Å². The zero-order valence-electron chi connectivity index (χ0n) is 15.9. The van der Waals surface area contributed by atoms with Gasteiger partial charge in [-0.3, -0.25) is 0 Å². The maximum atomic E-state index is 12.7. The first-order chi connectivity index (χ1) is 12.3. The number of piperidine rings is 1. The summed E-state index contributed by atoms with van der Waals surface area (Å²) in [5.74, 6) is 0. The molecule has 2 aliphatic rings. The molecule has 0 aliphatic carbocycles. The second-order valence-corrected chi connectivity index (χ2v) is 7.80. The lowest BCUT2D eigenvalue weighted by Gasteiger charge is -2.51. The van der Waals surface area contributed by atoms with Crippen LogP contribution in [0.5, 0.6) is 0 Å². The fraction of sp³-hybridized carbons (Fsp3) is 0.650. The van der Waals surface area contributed by atoms with Crippen LogP contribution in [0.25, 0.3) is 0 Å². The summed E-state index contributed by atoms with van der Waals surface area (Å²) in [6.07, 6.45) is 1.39. The summed E-state index contributed by atoms with van der Waals surface area (Å²) in [6, 6.07) is 5.90. The van der Waals surface area contributed by atoms with Crippen molar-refractivity contribution in [2.45, 2.75) is 63.8 Å². The topological polar surface area (TPSA) is 82.0 Å². The molecule has 3 N–H and O–H groups in total. The fourth-order valence-electron chi connectivity index (χ4n) is 4.14. The van der Waals surface area contributed by atoms with E-state index in [1.165, 1.54) is 0 Å². The van der Waals surface area contributed by atoms with Crippen molar-refractivity contribution in [3.63, 3.8) is 0 Å². The summed E-state index contributed by atoms with van der Waals surface area (Å²) in [4.78, 5) is 14.5. The van der Waals surface area contributed by atoms with Crippen molar-refractivity contribution < 1.29 is 19.7 Å². The number of aliphatic hydroxyl groups excluding tert-OH is 1. The van der Waals surface area contributed by atoms with Crippen LogP contribution in [0.3, 0.4) is 0 Å². The molecule has 2 saturated heterocycles. The Morgan fingerprint density at radius 1 is 1.35 bits per heavy atom. The van der Waals surface area contributed by atoms with Crippen molar-refractivity contribution >= 4 is 11.7 Å². The number of anilines is 1. The Morgan fingerprint density at radius 3 is 2.69 bits per heavy atom. The molecule has 0 bridgehead atoms. The van der Waals surface area contributed by atoms with Gasteiger partial charge in [0.05, 0.1) is 12.2 Å². The van der Waals surface area contributed by atoms with Crippen LogP contribution in [0.4, 0.5) is 10.5 Å². The first-order valence-corrected chi connectivity index (χ1v) is 9.48. The Kier molecular flexibility index (Phi) is 5.28. The van der Waals surface area contributed by atoms with E-state index in [0.717, 1.165) is 23.2 Å². The Hall–Kier alpha value is -1.63. The van der Waals surface area contributed by atoms with Crippen molar-refractivity contribution in [2.24, 2.45) is 0 Å². The molecule has 0 unspecified atom stereocenters. The van der Waals surface area contributed by atoms with Crippen molar-refractivity contribution in [3.8, 4) is 0 Å². The number of benzene rings is 1. The number of amides is 2. The van der Waals surface area contributed by atoms with Gasteiger partial charge in [0.15, 0.2) is 0 Å². The van der Waals surface area contributed by atoms with Gasteiger partial charge in [-0.2, -0.15) is 0 Å². The lowest BCUT2D eigenvalue weighted by atomic mass is 9.75. The van der Waals surface area contributed by atoms with E-state index < -0.39 is 17.3 Å². The molecule has 26 heavy (non-hydrogen) atoms. The molecule has 1 aromatic rings. The number of nitrogens with zero attached hydrogens (tertiary/aromatic N) is 1. The van der Waals surface area contributed by atoms with Crippen LogP contribution in [-0.4, -0.2) is 58.1 Å². The number of para-hydroxylation sites is 1. The van der Waals surface area contributed by atoms with E-state index in [2.05, 4.69) is 12.2 Å². The van der Waals surface area contributed by atoms with E-state index in [0.29, 0.717) is 39.0 Å². The fourth-order valence-corrected chi connectivity index (χ4v) is 4.14. The zero-order valence-corrected chi connectivity index (χ0v) is 15.9. The quantitative estimate of drug-likeness (QED) is 0.755. The number of carbonyl (C=O) groups is 1. The molecule has 144 valence electrons. The van der Waals surface area contributed by atoms with Crippen LogP contribution in [0, 0.1) is 6.92 Å². The first-order valence-electron chi connectivity index (χ1n) is 9.48. The standard InChI is InChI=1S/C20H30N2O4/c1-4-15-7-5-6-14(2)16(15)21-18(24)22-11-8-20(9-12-22)17(23)19(3,25)10-13-26-20/h5-7,17,23,25H,4,8-13H2,1-3H3,(H,21,24)/t17-,19+/m0/s1. The van der Waals surface area contributed by atoms with Crippen LogP contribution in [0.1, 0.15) is 44.2 Å². The minimum Gasteiger partial charge on any atom is -0.387 e. The van der Waals surface area contributed by atoms with Gasteiger partial charge >= 0.3 is 6.03 Å². The minimum absolute atomic E-state index is 0.124. The average Bonchev–Trinajstić information content (AvgIpc) is 2.62. The second kappa shape index (κ2) is 7.18. The number of rotatable bonds is 2. The zero-order chi connectivity index (χ0) is 18.9. The molecular weight excluding hydrogens is 332 g/mol. The molecule has 2 amide bonds. The highest BCUT2D eigenvalue weighted by molar-refractivity contribution is 5.91. The van der Waals surface area contributed by atoms with Crippen LogP contribution in [0.2, 0.25) is 0 Å². The number of urea groups is 1. The van der Waals surface area contributed by atoms with Gasteiger partial charge in [0.2, 0.25) is 0 Å². The molecular formula is C20H30N2O4. The highest BCUT2D eigenvalue weighted by atomic mass is 16.5. The van der Waals surface area contributed by atoms with Gasteiger partial charge in [-0.05, 0) is 44.2 Å². The van der Waals surface area contributed by atoms with Gasteiger partial charge < -0.3 is 25.2 Å². The largest absolute Gasteiger partial charge is 0.387 e. The monoisotopic (exact) mass is 362 g/mol. The van der Waals surface area contributed by atoms with Gasteiger partial charge in [0.1, 0.15) is 11.7 Å². The van der Waals surface area contributed by atoms with E-state index in [1.807, 2.05) is 25.1 Å². The highest BCUT2D eigenvalue weighted by Gasteiger charge is 2.52.